The third-order valence-corrected chi connectivity index (χ3v) is 3.92. The molecule has 1 aromatic heterocycles. The van der Waals surface area contributed by atoms with E-state index in [-0.39, 0.29) is 5.82 Å². The van der Waals surface area contributed by atoms with Crippen LogP contribution in [0.4, 0.5) is 27.8 Å². The number of halogens is 1. The predicted molar refractivity (Wildman–Crippen MR) is 107 cm³/mol. The van der Waals surface area contributed by atoms with E-state index in [1.54, 1.807) is 42.5 Å². The van der Waals surface area contributed by atoms with Gasteiger partial charge in [0.05, 0.1) is 23.4 Å². The van der Waals surface area contributed by atoms with Gasteiger partial charge in [-0.3, -0.25) is 5.32 Å². The van der Waals surface area contributed by atoms with Crippen molar-refractivity contribution in [3.63, 3.8) is 0 Å². The molecule has 0 aliphatic heterocycles. The molecule has 3 rings (SSSR count). The first-order valence-corrected chi connectivity index (χ1v) is 8.54. The van der Waals surface area contributed by atoms with E-state index in [2.05, 4.69) is 26.1 Å². The molecule has 0 atom stereocenters. The van der Waals surface area contributed by atoms with Gasteiger partial charge in [-0.05, 0) is 42.5 Å². The average molecular weight is 398 g/mol. The highest BCUT2D eigenvalue weighted by atomic mass is 35.5. The van der Waals surface area contributed by atoms with E-state index >= 15 is 0 Å². The van der Waals surface area contributed by atoms with Gasteiger partial charge in [-0.15, -0.1) is 10.2 Å². The molecule has 9 heteroatoms. The number of carbonyl (C=O) groups excluding carboxylic acids is 2. The minimum Gasteiger partial charge on any atom is -0.465 e. The Hall–Kier alpha value is -3.65. The molecule has 2 amide bonds. The van der Waals surface area contributed by atoms with E-state index in [1.807, 2.05) is 18.2 Å². The first-order valence-electron chi connectivity index (χ1n) is 8.17. The maximum absolute atomic E-state index is 12.0. The van der Waals surface area contributed by atoms with Crippen LogP contribution in [-0.4, -0.2) is 29.3 Å². The fourth-order valence-corrected chi connectivity index (χ4v) is 2.43. The van der Waals surface area contributed by atoms with Crippen molar-refractivity contribution in [3.05, 3.63) is 71.2 Å². The van der Waals surface area contributed by atoms with E-state index in [4.69, 9.17) is 16.3 Å². The van der Waals surface area contributed by atoms with Gasteiger partial charge in [-0.1, -0.05) is 29.8 Å². The maximum Gasteiger partial charge on any atom is 0.337 e. The number of hydrogen-bond donors (Lipinski definition) is 3. The summed E-state index contributed by atoms with van der Waals surface area (Å²) in [6.45, 7) is 0. The van der Waals surface area contributed by atoms with Crippen LogP contribution in [0.5, 0.6) is 0 Å². The van der Waals surface area contributed by atoms with Gasteiger partial charge in [-0.2, -0.15) is 0 Å². The lowest BCUT2D eigenvalue weighted by atomic mass is 10.2. The molecule has 28 heavy (non-hydrogen) atoms. The molecule has 142 valence electrons. The van der Waals surface area contributed by atoms with Crippen molar-refractivity contribution in [3.8, 4) is 0 Å². The zero-order valence-electron chi connectivity index (χ0n) is 14.8. The number of nitrogens with zero attached hydrogens (tertiary/aromatic N) is 2. The van der Waals surface area contributed by atoms with Crippen molar-refractivity contribution >= 4 is 46.6 Å². The summed E-state index contributed by atoms with van der Waals surface area (Å²) in [5.41, 5.74) is 1.48. The highest BCUT2D eigenvalue weighted by Gasteiger charge is 2.10. The van der Waals surface area contributed by atoms with E-state index in [0.717, 1.165) is 0 Å². The largest absolute Gasteiger partial charge is 0.465 e. The smallest absolute Gasteiger partial charge is 0.337 e. The summed E-state index contributed by atoms with van der Waals surface area (Å²) in [4.78, 5) is 23.6. The summed E-state index contributed by atoms with van der Waals surface area (Å²) in [6, 6.07) is 16.5. The lowest BCUT2D eigenvalue weighted by Crippen LogP contribution is -2.20. The highest BCUT2D eigenvalue weighted by Crippen LogP contribution is 2.26. The number of anilines is 4. The zero-order chi connectivity index (χ0) is 19.9. The number of aromatic nitrogens is 2. The number of para-hydroxylation sites is 1. The average Bonchev–Trinajstić information content (AvgIpc) is 2.71. The summed E-state index contributed by atoms with van der Waals surface area (Å²) >= 11 is 6.14. The molecule has 0 aliphatic carbocycles. The van der Waals surface area contributed by atoms with Crippen molar-refractivity contribution in [2.75, 3.05) is 23.1 Å². The number of carbonyl (C=O) groups is 2. The molecule has 8 nitrogen and oxygen atoms in total. The second-order valence-corrected chi connectivity index (χ2v) is 5.97. The van der Waals surface area contributed by atoms with Crippen LogP contribution in [0.2, 0.25) is 5.02 Å². The molecule has 0 saturated carbocycles. The fourth-order valence-electron chi connectivity index (χ4n) is 2.27. The molecule has 1 heterocycles. The van der Waals surface area contributed by atoms with E-state index < -0.39 is 12.0 Å². The van der Waals surface area contributed by atoms with Crippen LogP contribution in [0.1, 0.15) is 10.4 Å². The molecular weight excluding hydrogens is 382 g/mol. The molecule has 0 radical (unpaired) electrons. The topological polar surface area (TPSA) is 105 Å². The van der Waals surface area contributed by atoms with E-state index in [1.165, 1.54) is 7.11 Å². The van der Waals surface area contributed by atoms with Crippen molar-refractivity contribution in [1.29, 1.82) is 0 Å². The monoisotopic (exact) mass is 397 g/mol. The number of esters is 1. The molecule has 0 unspecified atom stereocenters. The molecule has 0 saturated heterocycles. The molecule has 0 fully saturated rings. The predicted octanol–water partition coefficient (Wildman–Crippen LogP) is 4.30. The summed E-state index contributed by atoms with van der Waals surface area (Å²) in [5, 5.41) is 16.6. The molecule has 2 aromatic carbocycles. The Balaban J connectivity index is 1.65. The highest BCUT2D eigenvalue weighted by molar-refractivity contribution is 6.33. The minimum atomic E-state index is -0.477. The summed E-state index contributed by atoms with van der Waals surface area (Å²) in [6.07, 6.45) is 0. The first-order chi connectivity index (χ1) is 13.5. The van der Waals surface area contributed by atoms with E-state index in [0.29, 0.717) is 27.8 Å². The summed E-state index contributed by atoms with van der Waals surface area (Å²) < 4.78 is 4.69. The maximum atomic E-state index is 12.0. The van der Waals surface area contributed by atoms with Crippen molar-refractivity contribution in [1.82, 2.24) is 10.2 Å². The summed E-state index contributed by atoms with van der Waals surface area (Å²) in [5.74, 6) is 0.182. The van der Waals surface area contributed by atoms with E-state index in [9.17, 15) is 9.59 Å². The number of benzene rings is 2. The standard InChI is InChI=1S/C19H16ClN5O3/c1-28-18(26)12-7-8-14(20)15(11-12)22-16-9-10-17(25-24-16)23-19(27)21-13-5-3-2-4-6-13/h2-11H,1H3,(H,22,24)(H2,21,23,25,27). The van der Waals surface area contributed by atoms with Crippen LogP contribution in [0.25, 0.3) is 0 Å². The molecule has 0 bridgehead atoms. The Morgan fingerprint density at radius 2 is 1.64 bits per heavy atom. The minimum absolute atomic E-state index is 0.272. The van der Waals surface area contributed by atoms with Gasteiger partial charge in [0.1, 0.15) is 0 Å². The van der Waals surface area contributed by atoms with Crippen LogP contribution >= 0.6 is 11.6 Å². The normalized spacial score (nSPS) is 10.1. The molecular formula is C19H16ClN5O3. The van der Waals surface area contributed by atoms with Crippen LogP contribution in [-0.2, 0) is 4.74 Å². The number of nitrogens with one attached hydrogen (secondary N) is 3. The second-order valence-electron chi connectivity index (χ2n) is 5.56. The van der Waals surface area contributed by atoms with Gasteiger partial charge >= 0.3 is 12.0 Å². The van der Waals surface area contributed by atoms with Gasteiger partial charge in [0.15, 0.2) is 11.6 Å². The third-order valence-electron chi connectivity index (χ3n) is 3.59. The summed E-state index contributed by atoms with van der Waals surface area (Å²) in [7, 11) is 1.30. The van der Waals surface area contributed by atoms with Crippen molar-refractivity contribution in [2.24, 2.45) is 0 Å². The number of amides is 2. The number of hydrogen-bond acceptors (Lipinski definition) is 6. The molecule has 0 spiro atoms. The van der Waals surface area contributed by atoms with Gasteiger partial charge in [-0.25, -0.2) is 9.59 Å². The Labute approximate surface area is 165 Å². The second kappa shape index (κ2) is 8.83. The Bertz CT molecular complexity index is 981. The van der Waals surface area contributed by atoms with Gasteiger partial charge in [0.2, 0.25) is 0 Å². The lowest BCUT2D eigenvalue weighted by molar-refractivity contribution is 0.0601. The molecule has 3 N–H and O–H groups in total. The van der Waals surface area contributed by atoms with Crippen LogP contribution in [0.15, 0.2) is 60.7 Å². The molecule has 3 aromatic rings. The SMILES string of the molecule is COC(=O)c1ccc(Cl)c(Nc2ccc(NC(=O)Nc3ccccc3)nn2)c1. The number of rotatable bonds is 5. The Morgan fingerprint density at radius 1 is 0.929 bits per heavy atom. The Kier molecular flexibility index (Phi) is 6.03. The number of urea groups is 1. The number of methoxy groups -OCH3 is 1. The Morgan fingerprint density at radius 3 is 2.32 bits per heavy atom. The molecule has 0 aliphatic rings. The lowest BCUT2D eigenvalue weighted by Gasteiger charge is -2.10. The van der Waals surface area contributed by atoms with Gasteiger partial charge in [0.25, 0.3) is 0 Å². The van der Waals surface area contributed by atoms with Crippen LogP contribution in [0, 0.1) is 0 Å². The first kappa shape index (κ1) is 19.1. The quantitative estimate of drug-likeness (QED) is 0.554. The van der Waals surface area contributed by atoms with Crippen LogP contribution in [0.3, 0.4) is 0 Å². The third kappa shape index (κ3) is 4.95. The van der Waals surface area contributed by atoms with Crippen LogP contribution < -0.4 is 16.0 Å². The fraction of sp³-hybridized carbons (Fsp3) is 0.0526. The van der Waals surface area contributed by atoms with Crippen molar-refractivity contribution < 1.29 is 14.3 Å². The van der Waals surface area contributed by atoms with Gasteiger partial charge < -0.3 is 15.4 Å². The van der Waals surface area contributed by atoms with Gasteiger partial charge in [0, 0.05) is 5.69 Å². The zero-order valence-corrected chi connectivity index (χ0v) is 15.5. The van der Waals surface area contributed by atoms with Crippen molar-refractivity contribution in [2.45, 2.75) is 0 Å². The number of ether oxygens (including phenoxy) is 1.